The highest BCUT2D eigenvalue weighted by molar-refractivity contribution is 5.94. The maximum absolute atomic E-state index is 11.7. The average Bonchev–Trinajstić information content (AvgIpc) is 2.60. The van der Waals surface area contributed by atoms with Crippen LogP contribution < -0.4 is 16.0 Å². The maximum atomic E-state index is 11.7. The number of hydrogen-bond donors (Lipinski definition) is 2. The summed E-state index contributed by atoms with van der Waals surface area (Å²) in [6.45, 7) is 2.85. The molecule has 0 aliphatic carbocycles. The van der Waals surface area contributed by atoms with Gasteiger partial charge in [0.25, 0.3) is 0 Å². The lowest BCUT2D eigenvalue weighted by atomic mass is 10.2. The van der Waals surface area contributed by atoms with E-state index in [0.717, 1.165) is 25.1 Å². The molecule has 1 saturated heterocycles. The van der Waals surface area contributed by atoms with E-state index in [9.17, 15) is 4.79 Å². The van der Waals surface area contributed by atoms with Crippen molar-refractivity contribution >= 4 is 17.4 Å². The molecule has 0 saturated carbocycles. The number of nitrogen functional groups attached to an aromatic ring is 1. The van der Waals surface area contributed by atoms with E-state index in [-0.39, 0.29) is 12.1 Å². The van der Waals surface area contributed by atoms with E-state index in [1.807, 2.05) is 24.3 Å². The Morgan fingerprint density at radius 2 is 2.38 bits per heavy atom. The summed E-state index contributed by atoms with van der Waals surface area (Å²) in [6, 6.07) is 7.66. The number of rotatable bonds is 3. The Balaban J connectivity index is 2.13. The molecular formula is C12H17N3O. The largest absolute Gasteiger partial charge is 0.399 e. The first kappa shape index (κ1) is 10.8. The number of nitrogens with zero attached hydrogens (tertiary/aromatic N) is 1. The fourth-order valence-electron chi connectivity index (χ4n) is 2.03. The third-order valence-electron chi connectivity index (χ3n) is 2.79. The number of carbonyl (C=O) groups excluding carboxylic acids is 1. The molecule has 1 atom stereocenters. The molecule has 0 bridgehead atoms. The molecule has 4 heteroatoms. The smallest absolute Gasteiger partial charge is 0.322 e. The Morgan fingerprint density at radius 3 is 3.06 bits per heavy atom. The number of benzene rings is 1. The van der Waals surface area contributed by atoms with Gasteiger partial charge in [-0.25, -0.2) is 4.79 Å². The van der Waals surface area contributed by atoms with Gasteiger partial charge >= 0.3 is 6.03 Å². The van der Waals surface area contributed by atoms with Gasteiger partial charge in [0, 0.05) is 24.0 Å². The molecular weight excluding hydrogens is 202 g/mol. The molecule has 4 nitrogen and oxygen atoms in total. The molecule has 0 radical (unpaired) electrons. The van der Waals surface area contributed by atoms with Gasteiger partial charge in [-0.2, -0.15) is 0 Å². The third kappa shape index (κ3) is 2.10. The summed E-state index contributed by atoms with van der Waals surface area (Å²) < 4.78 is 0. The Labute approximate surface area is 95.4 Å². The van der Waals surface area contributed by atoms with Gasteiger partial charge in [0.2, 0.25) is 0 Å². The number of carbonyl (C=O) groups is 1. The molecule has 1 unspecified atom stereocenters. The zero-order valence-electron chi connectivity index (χ0n) is 9.44. The summed E-state index contributed by atoms with van der Waals surface area (Å²) in [7, 11) is 0. The van der Waals surface area contributed by atoms with Crippen molar-refractivity contribution in [3.8, 4) is 0 Å². The SMILES string of the molecule is CCCC1CN(c2cccc(N)c2)C(=O)N1. The number of anilines is 2. The topological polar surface area (TPSA) is 58.4 Å². The lowest BCUT2D eigenvalue weighted by Gasteiger charge is -2.15. The minimum atomic E-state index is -0.0240. The summed E-state index contributed by atoms with van der Waals surface area (Å²) in [5.74, 6) is 0. The molecule has 1 aromatic carbocycles. The van der Waals surface area contributed by atoms with Crippen molar-refractivity contribution in [2.24, 2.45) is 0 Å². The summed E-state index contributed by atoms with van der Waals surface area (Å²) in [5, 5.41) is 2.97. The molecule has 1 aliphatic heterocycles. The zero-order valence-corrected chi connectivity index (χ0v) is 9.44. The predicted octanol–water partition coefficient (Wildman–Crippen LogP) is 1.97. The van der Waals surface area contributed by atoms with Crippen molar-refractivity contribution in [2.75, 3.05) is 17.2 Å². The van der Waals surface area contributed by atoms with E-state index in [2.05, 4.69) is 12.2 Å². The number of nitrogens with one attached hydrogen (secondary N) is 1. The van der Waals surface area contributed by atoms with Crippen molar-refractivity contribution < 1.29 is 4.79 Å². The van der Waals surface area contributed by atoms with Crippen LogP contribution in [0.5, 0.6) is 0 Å². The molecule has 2 amide bonds. The predicted molar refractivity (Wildman–Crippen MR) is 65.4 cm³/mol. The number of nitrogens with two attached hydrogens (primary N) is 1. The van der Waals surface area contributed by atoms with E-state index in [4.69, 9.17) is 5.73 Å². The van der Waals surface area contributed by atoms with Crippen molar-refractivity contribution in [2.45, 2.75) is 25.8 Å². The van der Waals surface area contributed by atoms with Crippen molar-refractivity contribution in [3.63, 3.8) is 0 Å². The van der Waals surface area contributed by atoms with Gasteiger partial charge in [0.05, 0.1) is 0 Å². The van der Waals surface area contributed by atoms with E-state index >= 15 is 0 Å². The van der Waals surface area contributed by atoms with Crippen LogP contribution in [0.4, 0.5) is 16.2 Å². The Hall–Kier alpha value is -1.71. The Kier molecular flexibility index (Phi) is 2.99. The van der Waals surface area contributed by atoms with Crippen LogP contribution in [0.1, 0.15) is 19.8 Å². The van der Waals surface area contributed by atoms with Crippen LogP contribution in [-0.4, -0.2) is 18.6 Å². The van der Waals surface area contributed by atoms with Crippen LogP contribution in [0, 0.1) is 0 Å². The number of amides is 2. The van der Waals surface area contributed by atoms with Gasteiger partial charge in [0.1, 0.15) is 0 Å². The molecule has 86 valence electrons. The van der Waals surface area contributed by atoms with Crippen LogP contribution in [0.3, 0.4) is 0 Å². The standard InChI is InChI=1S/C12H17N3O/c1-2-4-10-8-15(12(16)14-10)11-6-3-5-9(13)7-11/h3,5-7,10H,2,4,8,13H2,1H3,(H,14,16). The highest BCUT2D eigenvalue weighted by Gasteiger charge is 2.28. The van der Waals surface area contributed by atoms with Crippen LogP contribution in [0.2, 0.25) is 0 Å². The lowest BCUT2D eigenvalue weighted by molar-refractivity contribution is 0.250. The van der Waals surface area contributed by atoms with Gasteiger partial charge in [-0.1, -0.05) is 19.4 Å². The quantitative estimate of drug-likeness (QED) is 0.763. The molecule has 1 fully saturated rings. The highest BCUT2D eigenvalue weighted by Crippen LogP contribution is 2.21. The normalized spacial score (nSPS) is 19.9. The molecule has 16 heavy (non-hydrogen) atoms. The van der Waals surface area contributed by atoms with Gasteiger partial charge in [-0.15, -0.1) is 0 Å². The third-order valence-corrected chi connectivity index (χ3v) is 2.79. The second-order valence-corrected chi connectivity index (χ2v) is 4.14. The van der Waals surface area contributed by atoms with E-state index < -0.39 is 0 Å². The molecule has 2 rings (SSSR count). The molecule has 1 aliphatic rings. The van der Waals surface area contributed by atoms with E-state index in [0.29, 0.717) is 5.69 Å². The molecule has 0 aromatic heterocycles. The van der Waals surface area contributed by atoms with E-state index in [1.54, 1.807) is 4.90 Å². The fourth-order valence-corrected chi connectivity index (χ4v) is 2.03. The minimum Gasteiger partial charge on any atom is -0.399 e. The van der Waals surface area contributed by atoms with Crippen molar-refractivity contribution in [1.82, 2.24) is 5.32 Å². The van der Waals surface area contributed by atoms with Gasteiger partial charge < -0.3 is 11.1 Å². The average molecular weight is 219 g/mol. The summed E-state index contributed by atoms with van der Waals surface area (Å²) in [4.78, 5) is 13.5. The zero-order chi connectivity index (χ0) is 11.5. The van der Waals surface area contributed by atoms with E-state index in [1.165, 1.54) is 0 Å². The second kappa shape index (κ2) is 4.43. The first-order chi connectivity index (χ1) is 7.70. The van der Waals surface area contributed by atoms with Crippen molar-refractivity contribution in [3.05, 3.63) is 24.3 Å². The number of hydrogen-bond acceptors (Lipinski definition) is 2. The lowest BCUT2D eigenvalue weighted by Crippen LogP contribution is -2.28. The van der Waals surface area contributed by atoms with Crippen LogP contribution in [-0.2, 0) is 0 Å². The summed E-state index contributed by atoms with van der Waals surface area (Å²) >= 11 is 0. The summed E-state index contributed by atoms with van der Waals surface area (Å²) in [5.41, 5.74) is 7.26. The van der Waals surface area contributed by atoms with Gasteiger partial charge in [-0.3, -0.25) is 4.90 Å². The van der Waals surface area contributed by atoms with Crippen LogP contribution in [0.15, 0.2) is 24.3 Å². The first-order valence-electron chi connectivity index (χ1n) is 5.64. The van der Waals surface area contributed by atoms with Crippen LogP contribution >= 0.6 is 0 Å². The maximum Gasteiger partial charge on any atom is 0.322 e. The summed E-state index contributed by atoms with van der Waals surface area (Å²) in [6.07, 6.45) is 2.10. The fraction of sp³-hybridized carbons (Fsp3) is 0.417. The molecule has 1 heterocycles. The molecule has 0 spiro atoms. The van der Waals surface area contributed by atoms with Gasteiger partial charge in [-0.05, 0) is 24.6 Å². The monoisotopic (exact) mass is 219 g/mol. The van der Waals surface area contributed by atoms with Gasteiger partial charge in [0.15, 0.2) is 0 Å². The Morgan fingerprint density at radius 1 is 1.56 bits per heavy atom. The molecule has 1 aromatic rings. The number of urea groups is 1. The first-order valence-corrected chi connectivity index (χ1v) is 5.64. The highest BCUT2D eigenvalue weighted by atomic mass is 16.2. The Bertz CT molecular complexity index is 392. The van der Waals surface area contributed by atoms with Crippen molar-refractivity contribution in [1.29, 1.82) is 0 Å². The second-order valence-electron chi connectivity index (χ2n) is 4.14. The minimum absolute atomic E-state index is 0.0240. The van der Waals surface area contributed by atoms with Crippen LogP contribution in [0.25, 0.3) is 0 Å². The molecule has 3 N–H and O–H groups in total.